The summed E-state index contributed by atoms with van der Waals surface area (Å²) >= 11 is 1.67. The molecule has 0 spiro atoms. The average molecular weight is 356 g/mol. The van der Waals surface area contributed by atoms with E-state index in [1.807, 2.05) is 0 Å². The Morgan fingerprint density at radius 1 is 1.40 bits per heavy atom. The molecule has 0 amide bonds. The van der Waals surface area contributed by atoms with Crippen molar-refractivity contribution in [3.63, 3.8) is 0 Å². The molecule has 4 rings (SSSR count). The number of aliphatic hydroxyl groups is 1. The number of thiophene rings is 1. The van der Waals surface area contributed by atoms with E-state index in [1.165, 1.54) is 11.3 Å². The molecule has 3 aromatic heterocycles. The highest BCUT2D eigenvalue weighted by Crippen LogP contribution is 2.37. The second-order valence-corrected chi connectivity index (χ2v) is 7.08. The van der Waals surface area contributed by atoms with Crippen molar-refractivity contribution in [2.24, 2.45) is 0 Å². The molecule has 6 nitrogen and oxygen atoms in total. The molecule has 1 unspecified atom stereocenters. The van der Waals surface area contributed by atoms with Gasteiger partial charge in [-0.3, -0.25) is 9.88 Å². The van der Waals surface area contributed by atoms with Gasteiger partial charge in [-0.2, -0.15) is 11.3 Å². The minimum atomic E-state index is -0.138. The lowest BCUT2D eigenvalue weighted by atomic mass is 9.96. The number of fused-ring (bicyclic) bond motifs is 1. The zero-order valence-electron chi connectivity index (χ0n) is 13.9. The van der Waals surface area contributed by atoms with Gasteiger partial charge in [-0.25, -0.2) is 4.98 Å². The van der Waals surface area contributed by atoms with Gasteiger partial charge in [-0.05, 0) is 29.3 Å². The van der Waals surface area contributed by atoms with Crippen LogP contribution in [0.4, 0.5) is 0 Å². The SMILES string of the molecule is Cc1ncc(CO)c(CN2CCc3[nH]cnc3C2c2ccsc2)c1O. The van der Waals surface area contributed by atoms with Crippen molar-refractivity contribution in [1.82, 2.24) is 19.9 Å². The number of aliphatic hydroxyl groups excluding tert-OH is 1. The van der Waals surface area contributed by atoms with Crippen molar-refractivity contribution in [1.29, 1.82) is 0 Å². The number of H-pyrrole nitrogens is 1. The minimum Gasteiger partial charge on any atom is -0.506 e. The van der Waals surface area contributed by atoms with E-state index in [1.54, 1.807) is 30.8 Å². The molecule has 1 aliphatic heterocycles. The molecule has 1 atom stereocenters. The van der Waals surface area contributed by atoms with Gasteiger partial charge < -0.3 is 15.2 Å². The summed E-state index contributed by atoms with van der Waals surface area (Å²) in [5.74, 6) is 0.170. The maximum absolute atomic E-state index is 10.5. The van der Waals surface area contributed by atoms with E-state index in [9.17, 15) is 10.2 Å². The molecule has 130 valence electrons. The third-order valence-corrected chi connectivity index (χ3v) is 5.55. The predicted molar refractivity (Wildman–Crippen MR) is 95.4 cm³/mol. The van der Waals surface area contributed by atoms with Gasteiger partial charge in [0.1, 0.15) is 5.75 Å². The third kappa shape index (κ3) is 2.84. The summed E-state index contributed by atoms with van der Waals surface area (Å²) < 4.78 is 0. The van der Waals surface area contributed by atoms with E-state index in [0.29, 0.717) is 17.8 Å². The van der Waals surface area contributed by atoms with Gasteiger partial charge in [0.05, 0.1) is 30.4 Å². The molecule has 3 N–H and O–H groups in total. The Labute approximate surface area is 149 Å². The molecule has 3 aromatic rings. The molecule has 0 saturated heterocycles. The lowest BCUT2D eigenvalue weighted by molar-refractivity contribution is 0.195. The van der Waals surface area contributed by atoms with Crippen molar-refractivity contribution in [2.75, 3.05) is 6.54 Å². The molecule has 7 heteroatoms. The second kappa shape index (κ2) is 6.59. The third-order valence-electron chi connectivity index (χ3n) is 4.85. The number of imidazole rings is 1. The number of aromatic hydroxyl groups is 1. The molecule has 25 heavy (non-hydrogen) atoms. The fourth-order valence-corrected chi connectivity index (χ4v) is 4.17. The van der Waals surface area contributed by atoms with Gasteiger partial charge in [-0.1, -0.05) is 0 Å². The van der Waals surface area contributed by atoms with Crippen LogP contribution in [0, 0.1) is 6.92 Å². The molecule has 0 fully saturated rings. The fourth-order valence-electron chi connectivity index (χ4n) is 3.49. The van der Waals surface area contributed by atoms with Crippen LogP contribution in [-0.4, -0.2) is 36.6 Å². The van der Waals surface area contributed by atoms with E-state index in [0.717, 1.165) is 24.2 Å². The Kier molecular flexibility index (Phi) is 4.29. The maximum atomic E-state index is 10.5. The number of hydrogen-bond acceptors (Lipinski definition) is 6. The number of nitrogens with one attached hydrogen (secondary N) is 1. The Morgan fingerprint density at radius 2 is 2.28 bits per heavy atom. The van der Waals surface area contributed by atoms with Crippen LogP contribution in [0.1, 0.15) is 39.8 Å². The van der Waals surface area contributed by atoms with Crippen molar-refractivity contribution in [3.8, 4) is 5.75 Å². The highest BCUT2D eigenvalue weighted by molar-refractivity contribution is 7.08. The summed E-state index contributed by atoms with van der Waals surface area (Å²) in [4.78, 5) is 14.3. The van der Waals surface area contributed by atoms with E-state index in [4.69, 9.17) is 0 Å². The summed E-state index contributed by atoms with van der Waals surface area (Å²) in [7, 11) is 0. The number of hydrogen-bond donors (Lipinski definition) is 3. The van der Waals surface area contributed by atoms with Crippen LogP contribution < -0.4 is 0 Å². The van der Waals surface area contributed by atoms with Crippen LogP contribution in [-0.2, 0) is 19.6 Å². The number of rotatable bonds is 4. The lowest BCUT2D eigenvalue weighted by Crippen LogP contribution is -2.36. The molecule has 4 heterocycles. The first-order chi connectivity index (χ1) is 12.2. The maximum Gasteiger partial charge on any atom is 0.141 e. The van der Waals surface area contributed by atoms with Gasteiger partial charge in [0.15, 0.2) is 0 Å². The molecular formula is C18H20N4O2S. The quantitative estimate of drug-likeness (QED) is 0.669. The predicted octanol–water partition coefficient (Wildman–Crippen LogP) is 2.52. The molecular weight excluding hydrogens is 336 g/mol. The lowest BCUT2D eigenvalue weighted by Gasteiger charge is -2.35. The summed E-state index contributed by atoms with van der Waals surface area (Å²) in [6.45, 7) is 3.03. The molecule has 0 radical (unpaired) electrons. The zero-order chi connectivity index (χ0) is 17.4. The standard InChI is InChI=1S/C18H20N4O2S/c1-11-18(24)14(13(8-23)6-19-11)7-22-4-2-15-16(21-10-20-15)17(22)12-3-5-25-9-12/h3,5-6,9-10,17,23-24H,2,4,7-8H2,1H3,(H,20,21). The first-order valence-corrected chi connectivity index (χ1v) is 9.18. The van der Waals surface area contributed by atoms with Crippen LogP contribution in [0.15, 0.2) is 29.4 Å². The van der Waals surface area contributed by atoms with Gasteiger partial charge in [0.25, 0.3) is 0 Å². The van der Waals surface area contributed by atoms with Crippen molar-refractivity contribution >= 4 is 11.3 Å². The van der Waals surface area contributed by atoms with Crippen molar-refractivity contribution in [3.05, 3.63) is 63.1 Å². The molecule has 0 bridgehead atoms. The fraction of sp³-hybridized carbons (Fsp3) is 0.333. The normalized spacial score (nSPS) is 17.6. The highest BCUT2D eigenvalue weighted by Gasteiger charge is 2.32. The number of aromatic nitrogens is 3. The highest BCUT2D eigenvalue weighted by atomic mass is 32.1. The van der Waals surface area contributed by atoms with E-state index in [2.05, 4.69) is 36.7 Å². The number of aryl methyl sites for hydroxylation is 1. The smallest absolute Gasteiger partial charge is 0.141 e. The van der Waals surface area contributed by atoms with E-state index >= 15 is 0 Å². The van der Waals surface area contributed by atoms with Gasteiger partial charge in [-0.15, -0.1) is 0 Å². The Bertz CT molecular complexity index is 875. The number of pyridine rings is 1. The summed E-state index contributed by atoms with van der Waals surface area (Å²) in [5, 5.41) is 24.4. The second-order valence-electron chi connectivity index (χ2n) is 6.30. The van der Waals surface area contributed by atoms with Gasteiger partial charge >= 0.3 is 0 Å². The van der Waals surface area contributed by atoms with E-state index < -0.39 is 0 Å². The molecule has 0 saturated carbocycles. The monoisotopic (exact) mass is 356 g/mol. The van der Waals surface area contributed by atoms with Crippen LogP contribution >= 0.6 is 11.3 Å². The molecule has 0 aromatic carbocycles. The Hall–Kier alpha value is -2.22. The van der Waals surface area contributed by atoms with Gasteiger partial charge in [0, 0.05) is 42.5 Å². The summed E-state index contributed by atoms with van der Waals surface area (Å²) in [6, 6.07) is 2.16. The van der Waals surface area contributed by atoms with Crippen molar-refractivity contribution < 1.29 is 10.2 Å². The largest absolute Gasteiger partial charge is 0.506 e. The number of nitrogens with zero attached hydrogens (tertiary/aromatic N) is 3. The first kappa shape index (κ1) is 16.3. The summed E-state index contributed by atoms with van der Waals surface area (Å²) in [5.41, 5.74) is 5.41. The van der Waals surface area contributed by atoms with Crippen LogP contribution in [0.25, 0.3) is 0 Å². The van der Waals surface area contributed by atoms with Crippen LogP contribution in [0.2, 0.25) is 0 Å². The minimum absolute atomic E-state index is 0.0423. The zero-order valence-corrected chi connectivity index (χ0v) is 14.8. The van der Waals surface area contributed by atoms with Crippen LogP contribution in [0.3, 0.4) is 0 Å². The topological polar surface area (TPSA) is 85.3 Å². The van der Waals surface area contributed by atoms with Crippen LogP contribution in [0.5, 0.6) is 5.75 Å². The van der Waals surface area contributed by atoms with Gasteiger partial charge in [0.2, 0.25) is 0 Å². The first-order valence-electron chi connectivity index (χ1n) is 8.24. The van der Waals surface area contributed by atoms with Crippen molar-refractivity contribution in [2.45, 2.75) is 32.5 Å². The van der Waals surface area contributed by atoms with E-state index in [-0.39, 0.29) is 18.4 Å². The Morgan fingerprint density at radius 3 is 3.04 bits per heavy atom. The Balaban J connectivity index is 1.74. The molecule has 0 aliphatic carbocycles. The average Bonchev–Trinajstić information content (AvgIpc) is 3.30. The molecule has 1 aliphatic rings. The number of aromatic amines is 1. The summed E-state index contributed by atoms with van der Waals surface area (Å²) in [6.07, 6.45) is 4.28.